The van der Waals surface area contributed by atoms with E-state index in [0.717, 1.165) is 11.3 Å². The molecule has 1 aliphatic rings. The van der Waals surface area contributed by atoms with Gasteiger partial charge < -0.3 is 10.6 Å². The molecule has 1 fully saturated rings. The van der Waals surface area contributed by atoms with Gasteiger partial charge in [0.2, 0.25) is 5.91 Å². The number of benzene rings is 1. The minimum atomic E-state index is -0.344. The molecule has 2 N–H and O–H groups in total. The van der Waals surface area contributed by atoms with Gasteiger partial charge in [0, 0.05) is 5.69 Å². The zero-order chi connectivity index (χ0) is 10.8. The minimum absolute atomic E-state index is 0.0389. The molecule has 0 spiro atoms. The second-order valence-corrected chi connectivity index (χ2v) is 3.56. The number of carbonyl (C=O) groups is 1. The summed E-state index contributed by atoms with van der Waals surface area (Å²) in [6.45, 7) is 0.580. The Kier molecular flexibility index (Phi) is 2.40. The minimum Gasteiger partial charge on any atom is -0.318 e. The van der Waals surface area contributed by atoms with Gasteiger partial charge in [0.15, 0.2) is 0 Å². The topological polar surface area (TPSA) is 70.1 Å². The molecule has 1 aromatic carbocycles. The summed E-state index contributed by atoms with van der Waals surface area (Å²) >= 11 is 0. The monoisotopic (exact) mass is 201 g/mol. The van der Waals surface area contributed by atoms with Crippen molar-refractivity contribution < 1.29 is 4.79 Å². The lowest BCUT2D eigenvalue weighted by Crippen LogP contribution is -2.61. The van der Waals surface area contributed by atoms with Crippen LogP contribution in [0, 0.1) is 11.3 Å². The normalized spacial score (nSPS) is 19.6. The number of nitrogens with zero attached hydrogens (tertiary/aromatic N) is 2. The molecule has 1 heterocycles. The summed E-state index contributed by atoms with van der Waals surface area (Å²) in [4.78, 5) is 13.0. The maximum absolute atomic E-state index is 11.3. The molecular weight excluding hydrogens is 190 g/mol. The van der Waals surface area contributed by atoms with Crippen LogP contribution in [0.5, 0.6) is 0 Å². The van der Waals surface area contributed by atoms with E-state index in [-0.39, 0.29) is 11.9 Å². The van der Waals surface area contributed by atoms with Crippen LogP contribution in [-0.4, -0.2) is 18.5 Å². The number of amides is 1. The van der Waals surface area contributed by atoms with Gasteiger partial charge in [-0.05, 0) is 17.7 Å². The first kappa shape index (κ1) is 9.69. The van der Waals surface area contributed by atoms with Crippen molar-refractivity contribution in [1.82, 2.24) is 0 Å². The van der Waals surface area contributed by atoms with Crippen molar-refractivity contribution in [2.45, 2.75) is 12.5 Å². The third kappa shape index (κ3) is 1.69. The average Bonchev–Trinajstić information content (AvgIpc) is 2.27. The molecule has 4 nitrogen and oxygen atoms in total. The summed E-state index contributed by atoms with van der Waals surface area (Å²) in [6, 6.07) is 9.13. The van der Waals surface area contributed by atoms with Crippen molar-refractivity contribution in [2.24, 2.45) is 5.73 Å². The van der Waals surface area contributed by atoms with E-state index in [1.54, 1.807) is 4.90 Å². The first-order valence-electron chi connectivity index (χ1n) is 4.75. The number of rotatable bonds is 2. The van der Waals surface area contributed by atoms with Gasteiger partial charge in [0.05, 0.1) is 19.0 Å². The summed E-state index contributed by atoms with van der Waals surface area (Å²) in [7, 11) is 0. The highest BCUT2D eigenvalue weighted by molar-refractivity contribution is 6.03. The van der Waals surface area contributed by atoms with Crippen LogP contribution < -0.4 is 10.6 Å². The number of anilines is 1. The van der Waals surface area contributed by atoms with Crippen molar-refractivity contribution in [2.75, 3.05) is 11.4 Å². The molecule has 1 atom stereocenters. The fourth-order valence-electron chi connectivity index (χ4n) is 1.57. The molecule has 0 saturated carbocycles. The second kappa shape index (κ2) is 3.71. The molecule has 0 aromatic heterocycles. The molecule has 0 bridgehead atoms. The predicted molar refractivity (Wildman–Crippen MR) is 56.1 cm³/mol. The molecule has 2 rings (SSSR count). The summed E-state index contributed by atoms with van der Waals surface area (Å²) in [6.07, 6.45) is 0.397. The van der Waals surface area contributed by atoms with E-state index in [1.807, 2.05) is 24.3 Å². The van der Waals surface area contributed by atoms with Crippen LogP contribution in [0.3, 0.4) is 0 Å². The second-order valence-electron chi connectivity index (χ2n) is 3.56. The number of nitrogens with two attached hydrogens (primary N) is 1. The third-order valence-electron chi connectivity index (χ3n) is 2.49. The number of hydrogen-bond acceptors (Lipinski definition) is 3. The van der Waals surface area contributed by atoms with E-state index in [1.165, 1.54) is 0 Å². The van der Waals surface area contributed by atoms with Crippen molar-refractivity contribution in [3.05, 3.63) is 29.8 Å². The third-order valence-corrected chi connectivity index (χ3v) is 2.49. The number of hydrogen-bond donors (Lipinski definition) is 1. The molecule has 1 amide bonds. The van der Waals surface area contributed by atoms with E-state index >= 15 is 0 Å². The van der Waals surface area contributed by atoms with Crippen LogP contribution >= 0.6 is 0 Å². The van der Waals surface area contributed by atoms with Gasteiger partial charge in [-0.25, -0.2) is 0 Å². The molecule has 4 heteroatoms. The van der Waals surface area contributed by atoms with Crippen LogP contribution in [0.2, 0.25) is 0 Å². The molecule has 1 aliphatic heterocycles. The van der Waals surface area contributed by atoms with Gasteiger partial charge in [-0.3, -0.25) is 4.79 Å². The number of carbonyl (C=O) groups excluding carboxylic acids is 1. The molecule has 15 heavy (non-hydrogen) atoms. The van der Waals surface area contributed by atoms with Gasteiger partial charge in [-0.1, -0.05) is 12.1 Å². The van der Waals surface area contributed by atoms with Crippen molar-refractivity contribution in [3.8, 4) is 6.07 Å². The Morgan fingerprint density at radius 2 is 2.13 bits per heavy atom. The van der Waals surface area contributed by atoms with Gasteiger partial charge in [-0.15, -0.1) is 0 Å². The van der Waals surface area contributed by atoms with Crippen LogP contribution in [0.25, 0.3) is 0 Å². The number of β-lactam (4-membered cyclic amide) rings is 1. The quantitative estimate of drug-likeness (QED) is 0.705. The van der Waals surface area contributed by atoms with Crippen molar-refractivity contribution in [1.29, 1.82) is 5.26 Å². The zero-order valence-corrected chi connectivity index (χ0v) is 8.18. The van der Waals surface area contributed by atoms with Crippen LogP contribution in [0.15, 0.2) is 24.3 Å². The van der Waals surface area contributed by atoms with Crippen molar-refractivity contribution >= 4 is 11.6 Å². The first-order valence-corrected chi connectivity index (χ1v) is 4.75. The number of nitriles is 1. The standard InChI is InChI=1S/C11H11N3O/c12-6-5-8-1-3-9(4-2-8)14-7-10(13)11(14)15/h1-4,10H,5,7,13H2. The smallest absolute Gasteiger partial charge is 0.245 e. The van der Waals surface area contributed by atoms with E-state index in [4.69, 9.17) is 11.0 Å². The lowest BCUT2D eigenvalue weighted by Gasteiger charge is -2.36. The Labute approximate surface area is 87.9 Å². The van der Waals surface area contributed by atoms with Crippen LogP contribution in [0.4, 0.5) is 5.69 Å². The fourth-order valence-corrected chi connectivity index (χ4v) is 1.57. The average molecular weight is 201 g/mol. The summed E-state index contributed by atoms with van der Waals surface area (Å²) in [5, 5.41) is 8.50. The Morgan fingerprint density at radius 1 is 1.47 bits per heavy atom. The highest BCUT2D eigenvalue weighted by Crippen LogP contribution is 2.21. The molecule has 0 radical (unpaired) electrons. The lowest BCUT2D eigenvalue weighted by molar-refractivity contribution is -0.123. The Bertz CT molecular complexity index is 418. The van der Waals surface area contributed by atoms with E-state index in [2.05, 4.69) is 6.07 Å². The molecule has 1 aromatic rings. The van der Waals surface area contributed by atoms with Crippen LogP contribution in [0.1, 0.15) is 5.56 Å². The SMILES string of the molecule is N#CCc1ccc(N2CC(N)C2=O)cc1. The van der Waals surface area contributed by atoms with E-state index < -0.39 is 0 Å². The molecule has 1 unspecified atom stereocenters. The lowest BCUT2D eigenvalue weighted by atomic mass is 10.1. The van der Waals surface area contributed by atoms with Gasteiger partial charge >= 0.3 is 0 Å². The molecule has 0 aliphatic carbocycles. The largest absolute Gasteiger partial charge is 0.318 e. The molecule has 76 valence electrons. The Morgan fingerprint density at radius 3 is 2.60 bits per heavy atom. The Hall–Kier alpha value is -1.86. The summed E-state index contributed by atoms with van der Waals surface area (Å²) < 4.78 is 0. The fraction of sp³-hybridized carbons (Fsp3) is 0.273. The Balaban J connectivity index is 2.12. The van der Waals surface area contributed by atoms with E-state index in [0.29, 0.717) is 13.0 Å². The predicted octanol–water partition coefficient (Wildman–Crippen LogP) is 0.427. The van der Waals surface area contributed by atoms with Crippen LogP contribution in [-0.2, 0) is 11.2 Å². The van der Waals surface area contributed by atoms with E-state index in [9.17, 15) is 4.79 Å². The maximum Gasteiger partial charge on any atom is 0.245 e. The first-order chi connectivity index (χ1) is 7.22. The summed E-state index contributed by atoms with van der Waals surface area (Å²) in [5.41, 5.74) is 7.30. The zero-order valence-electron chi connectivity index (χ0n) is 8.18. The maximum atomic E-state index is 11.3. The van der Waals surface area contributed by atoms with Gasteiger partial charge in [0.1, 0.15) is 6.04 Å². The van der Waals surface area contributed by atoms with Gasteiger partial charge in [0.25, 0.3) is 0 Å². The summed E-state index contributed by atoms with van der Waals surface area (Å²) in [5.74, 6) is -0.0389. The highest BCUT2D eigenvalue weighted by Gasteiger charge is 2.34. The molecule has 1 saturated heterocycles. The van der Waals surface area contributed by atoms with Crippen molar-refractivity contribution in [3.63, 3.8) is 0 Å². The highest BCUT2D eigenvalue weighted by atomic mass is 16.2. The molecular formula is C11H11N3O. The van der Waals surface area contributed by atoms with Gasteiger partial charge in [-0.2, -0.15) is 5.26 Å².